The van der Waals surface area contributed by atoms with Crippen molar-refractivity contribution in [3.8, 4) is 0 Å². The number of urea groups is 1. The normalized spacial score (nSPS) is 12.3. The number of anilines is 1. The lowest BCUT2D eigenvalue weighted by atomic mass is 9.93. The highest BCUT2D eigenvalue weighted by molar-refractivity contribution is 5.94. The van der Waals surface area contributed by atoms with Crippen LogP contribution in [0.15, 0.2) is 48.7 Å². The van der Waals surface area contributed by atoms with Crippen molar-refractivity contribution in [2.24, 2.45) is 0 Å². The van der Waals surface area contributed by atoms with E-state index in [1.165, 1.54) is 0 Å². The van der Waals surface area contributed by atoms with Gasteiger partial charge in [-0.15, -0.1) is 0 Å². The average molecular weight is 408 g/mol. The van der Waals surface area contributed by atoms with Crippen LogP contribution in [0, 0.1) is 0 Å². The molecule has 0 aliphatic carbocycles. The second-order valence-corrected chi connectivity index (χ2v) is 8.17. The lowest BCUT2D eigenvalue weighted by molar-refractivity contribution is -0.139. The number of amides is 2. The fraction of sp³-hybridized carbons (Fsp3) is 0.333. The number of fused-ring (bicyclic) bond motifs is 1. The van der Waals surface area contributed by atoms with E-state index in [4.69, 9.17) is 0 Å². The molecule has 2 aromatic carbocycles. The summed E-state index contributed by atoms with van der Waals surface area (Å²) in [6.45, 7) is 8.28. The van der Waals surface area contributed by atoms with Gasteiger partial charge < -0.3 is 20.7 Å². The van der Waals surface area contributed by atoms with Crippen molar-refractivity contribution in [2.45, 2.75) is 52.0 Å². The number of para-hydroxylation sites is 2. The van der Waals surface area contributed by atoms with Crippen molar-refractivity contribution in [3.05, 3.63) is 65.4 Å². The summed E-state index contributed by atoms with van der Waals surface area (Å²) in [6, 6.07) is 12.1. The van der Waals surface area contributed by atoms with Gasteiger partial charge in [-0.1, -0.05) is 64.1 Å². The van der Waals surface area contributed by atoms with Gasteiger partial charge in [-0.05, 0) is 34.6 Å². The number of nitrogens with one attached hydrogen (secondary N) is 3. The Hall–Kier alpha value is -3.28. The van der Waals surface area contributed by atoms with E-state index in [0.717, 1.165) is 33.3 Å². The second-order valence-electron chi connectivity index (χ2n) is 8.17. The van der Waals surface area contributed by atoms with E-state index >= 15 is 0 Å². The van der Waals surface area contributed by atoms with Crippen LogP contribution < -0.4 is 10.6 Å². The SMILES string of the molecule is CC(C)c1cccc(C(C)C)c1NC(=O)NC(Cc1c[nH]c2ccccc12)C(=O)O. The van der Waals surface area contributed by atoms with Gasteiger partial charge in [0.05, 0.1) is 0 Å². The summed E-state index contributed by atoms with van der Waals surface area (Å²) in [6.07, 6.45) is 1.99. The summed E-state index contributed by atoms with van der Waals surface area (Å²) in [5, 5.41) is 16.2. The number of carboxylic acid groups (broad SMARTS) is 1. The molecule has 0 saturated heterocycles. The van der Waals surface area contributed by atoms with Crippen LogP contribution in [0.5, 0.6) is 0 Å². The third kappa shape index (κ3) is 4.64. The molecule has 30 heavy (non-hydrogen) atoms. The summed E-state index contributed by atoms with van der Waals surface area (Å²) in [7, 11) is 0. The molecule has 0 radical (unpaired) electrons. The van der Waals surface area contributed by atoms with Crippen molar-refractivity contribution in [3.63, 3.8) is 0 Å². The smallest absolute Gasteiger partial charge is 0.326 e. The fourth-order valence-corrected chi connectivity index (χ4v) is 3.72. The maximum Gasteiger partial charge on any atom is 0.326 e. The highest BCUT2D eigenvalue weighted by Gasteiger charge is 2.23. The molecule has 0 bridgehead atoms. The molecule has 1 unspecified atom stereocenters. The molecule has 6 heteroatoms. The predicted octanol–water partition coefficient (Wildman–Crippen LogP) is 5.23. The summed E-state index contributed by atoms with van der Waals surface area (Å²) < 4.78 is 0. The zero-order valence-electron chi connectivity index (χ0n) is 17.8. The van der Waals surface area contributed by atoms with E-state index in [0.29, 0.717) is 0 Å². The largest absolute Gasteiger partial charge is 0.480 e. The molecule has 0 aliphatic rings. The van der Waals surface area contributed by atoms with Gasteiger partial charge in [0.15, 0.2) is 0 Å². The molecule has 0 aliphatic heterocycles. The molecule has 0 spiro atoms. The minimum atomic E-state index is -1.07. The van der Waals surface area contributed by atoms with Crippen LogP contribution in [0.2, 0.25) is 0 Å². The number of aliphatic carboxylic acids is 1. The molecule has 4 N–H and O–H groups in total. The summed E-state index contributed by atoms with van der Waals surface area (Å²) in [5.41, 5.74) is 4.60. The van der Waals surface area contributed by atoms with Crippen molar-refractivity contribution in [1.29, 1.82) is 0 Å². The third-order valence-electron chi connectivity index (χ3n) is 5.31. The molecule has 1 aromatic heterocycles. The van der Waals surface area contributed by atoms with E-state index in [-0.39, 0.29) is 18.3 Å². The number of hydrogen-bond acceptors (Lipinski definition) is 2. The van der Waals surface area contributed by atoms with Crippen LogP contribution >= 0.6 is 0 Å². The van der Waals surface area contributed by atoms with Crippen LogP contribution in [0.1, 0.15) is 56.2 Å². The first-order valence-electron chi connectivity index (χ1n) is 10.3. The number of hydrogen-bond donors (Lipinski definition) is 4. The fourth-order valence-electron chi connectivity index (χ4n) is 3.72. The second kappa shape index (κ2) is 9.03. The third-order valence-corrected chi connectivity index (χ3v) is 5.31. The molecule has 3 rings (SSSR count). The standard InChI is InChI=1S/C24H29N3O3/c1-14(2)17-9-7-10-18(15(3)4)22(17)27-24(30)26-21(23(28)29)12-16-13-25-20-11-6-5-8-19(16)20/h5-11,13-15,21,25H,12H2,1-4H3,(H,28,29)(H2,26,27,30). The zero-order valence-corrected chi connectivity index (χ0v) is 17.8. The Morgan fingerprint density at radius 1 is 0.967 bits per heavy atom. The molecule has 6 nitrogen and oxygen atoms in total. The first-order chi connectivity index (χ1) is 14.3. The van der Waals surface area contributed by atoms with E-state index in [1.807, 2.05) is 42.5 Å². The first-order valence-corrected chi connectivity index (χ1v) is 10.3. The van der Waals surface area contributed by atoms with E-state index in [2.05, 4.69) is 43.3 Å². The molecule has 0 fully saturated rings. The molecule has 0 saturated carbocycles. The van der Waals surface area contributed by atoms with E-state index in [1.54, 1.807) is 6.20 Å². The minimum absolute atomic E-state index is 0.190. The molecule has 3 aromatic rings. The van der Waals surface area contributed by atoms with Crippen LogP contribution in [0.25, 0.3) is 10.9 Å². The van der Waals surface area contributed by atoms with Crippen molar-refractivity contribution in [2.75, 3.05) is 5.32 Å². The number of carboxylic acids is 1. The highest BCUT2D eigenvalue weighted by Crippen LogP contribution is 2.32. The monoisotopic (exact) mass is 407 g/mol. The Morgan fingerprint density at radius 2 is 1.60 bits per heavy atom. The first kappa shape index (κ1) is 21.4. The molecule has 2 amide bonds. The molecular formula is C24H29N3O3. The number of carbonyl (C=O) groups excluding carboxylic acids is 1. The number of rotatable bonds is 7. The predicted molar refractivity (Wildman–Crippen MR) is 120 cm³/mol. The number of H-pyrrole nitrogens is 1. The average Bonchev–Trinajstić information content (AvgIpc) is 3.10. The van der Waals surface area contributed by atoms with Crippen LogP contribution in [-0.2, 0) is 11.2 Å². The maximum absolute atomic E-state index is 12.8. The van der Waals surface area contributed by atoms with Crippen LogP contribution in [0.4, 0.5) is 10.5 Å². The Morgan fingerprint density at radius 3 is 2.20 bits per heavy atom. The van der Waals surface area contributed by atoms with Gasteiger partial charge in [0.25, 0.3) is 0 Å². The van der Waals surface area contributed by atoms with E-state index in [9.17, 15) is 14.7 Å². The van der Waals surface area contributed by atoms with Crippen molar-refractivity contribution >= 4 is 28.6 Å². The molecular weight excluding hydrogens is 378 g/mol. The van der Waals surface area contributed by atoms with Gasteiger partial charge in [-0.3, -0.25) is 0 Å². The van der Waals surface area contributed by atoms with Gasteiger partial charge in [0.2, 0.25) is 0 Å². The summed E-state index contributed by atoms with van der Waals surface area (Å²) in [5.74, 6) is -0.627. The Kier molecular flexibility index (Phi) is 6.45. The topological polar surface area (TPSA) is 94.2 Å². The van der Waals surface area contributed by atoms with Gasteiger partial charge in [0.1, 0.15) is 6.04 Å². The number of aromatic amines is 1. The maximum atomic E-state index is 12.8. The Labute approximate surface area is 176 Å². The van der Waals surface area contributed by atoms with Crippen LogP contribution in [-0.4, -0.2) is 28.1 Å². The lowest BCUT2D eigenvalue weighted by Crippen LogP contribution is -2.44. The number of benzene rings is 2. The number of carbonyl (C=O) groups is 2. The summed E-state index contributed by atoms with van der Waals surface area (Å²) >= 11 is 0. The van der Waals surface area contributed by atoms with Gasteiger partial charge >= 0.3 is 12.0 Å². The quantitative estimate of drug-likeness (QED) is 0.432. The molecule has 1 heterocycles. The van der Waals surface area contributed by atoms with E-state index < -0.39 is 18.0 Å². The van der Waals surface area contributed by atoms with Crippen molar-refractivity contribution < 1.29 is 14.7 Å². The van der Waals surface area contributed by atoms with Crippen molar-refractivity contribution in [1.82, 2.24) is 10.3 Å². The van der Waals surface area contributed by atoms with Gasteiger partial charge in [0, 0.05) is 29.2 Å². The Bertz CT molecular complexity index is 1030. The van der Waals surface area contributed by atoms with Gasteiger partial charge in [-0.25, -0.2) is 9.59 Å². The van der Waals surface area contributed by atoms with Crippen LogP contribution in [0.3, 0.4) is 0 Å². The number of aromatic nitrogens is 1. The minimum Gasteiger partial charge on any atom is -0.480 e. The summed E-state index contributed by atoms with van der Waals surface area (Å²) in [4.78, 5) is 27.8. The molecule has 1 atom stereocenters. The molecule has 158 valence electrons. The Balaban J connectivity index is 1.81. The van der Waals surface area contributed by atoms with Gasteiger partial charge in [-0.2, -0.15) is 0 Å². The lowest BCUT2D eigenvalue weighted by Gasteiger charge is -2.21. The highest BCUT2D eigenvalue weighted by atomic mass is 16.4. The zero-order chi connectivity index (χ0) is 21.8.